The van der Waals surface area contributed by atoms with E-state index in [0.717, 1.165) is 12.0 Å². The molecule has 0 spiro atoms. The van der Waals surface area contributed by atoms with E-state index in [1.807, 2.05) is 12.1 Å². The number of pyridine rings is 1. The lowest BCUT2D eigenvalue weighted by Gasteiger charge is -2.20. The van der Waals surface area contributed by atoms with Crippen molar-refractivity contribution in [3.63, 3.8) is 0 Å². The Morgan fingerprint density at radius 1 is 1.35 bits per heavy atom. The van der Waals surface area contributed by atoms with E-state index < -0.39 is 25.6 Å². The summed E-state index contributed by atoms with van der Waals surface area (Å²) >= 11 is 0. The van der Waals surface area contributed by atoms with Crippen LogP contribution in [0.4, 0.5) is 0 Å². The summed E-state index contributed by atoms with van der Waals surface area (Å²) < 4.78 is 11.3. The first-order valence-electron chi connectivity index (χ1n) is 6.60. The highest BCUT2D eigenvalue weighted by atomic mass is 31.1. The summed E-state index contributed by atoms with van der Waals surface area (Å²) in [6, 6.07) is 3.75. The van der Waals surface area contributed by atoms with E-state index >= 15 is 0 Å². The molecule has 0 fully saturated rings. The van der Waals surface area contributed by atoms with Crippen LogP contribution in [-0.4, -0.2) is 33.2 Å². The smallest absolute Gasteiger partial charge is 0.307 e. The quantitative estimate of drug-likeness (QED) is 0.592. The molecule has 0 aromatic carbocycles. The fourth-order valence-corrected chi connectivity index (χ4v) is 3.32. The molecule has 0 aliphatic heterocycles. The van der Waals surface area contributed by atoms with Gasteiger partial charge in [-0.1, -0.05) is 0 Å². The van der Waals surface area contributed by atoms with Crippen LogP contribution < -0.4 is 5.73 Å². The van der Waals surface area contributed by atoms with Gasteiger partial charge in [-0.15, -0.1) is 0 Å². The van der Waals surface area contributed by atoms with Crippen LogP contribution in [0.1, 0.15) is 24.8 Å². The third kappa shape index (κ3) is 5.41. The van der Waals surface area contributed by atoms with Crippen LogP contribution in [0, 0.1) is 5.92 Å². The minimum Gasteiger partial charge on any atom is -0.481 e. The van der Waals surface area contributed by atoms with Gasteiger partial charge >= 0.3 is 5.97 Å². The van der Waals surface area contributed by atoms with E-state index in [1.165, 1.54) is 0 Å². The lowest BCUT2D eigenvalue weighted by molar-refractivity contribution is -0.142. The number of aromatic nitrogens is 1. The molecule has 1 rings (SSSR count). The molecule has 1 aromatic heterocycles. The number of aryl methyl sites for hydroxylation is 1. The third-order valence-electron chi connectivity index (χ3n) is 3.33. The van der Waals surface area contributed by atoms with Gasteiger partial charge in [-0.05, 0) is 49.9 Å². The van der Waals surface area contributed by atoms with Gasteiger partial charge in [0.05, 0.1) is 5.92 Å². The van der Waals surface area contributed by atoms with Crippen molar-refractivity contribution in [1.29, 1.82) is 0 Å². The van der Waals surface area contributed by atoms with Crippen LogP contribution in [0.25, 0.3) is 0 Å². The molecular formula is C13H21N2O4P. The maximum absolute atomic E-state index is 11.3. The highest BCUT2D eigenvalue weighted by molar-refractivity contribution is 7.39. The fourth-order valence-electron chi connectivity index (χ4n) is 2.25. The molecule has 3 atom stereocenters. The summed E-state index contributed by atoms with van der Waals surface area (Å²) in [4.78, 5) is 24.5. The largest absolute Gasteiger partial charge is 0.481 e. The third-order valence-corrected chi connectivity index (χ3v) is 4.65. The number of carboxylic acids is 1. The summed E-state index contributed by atoms with van der Waals surface area (Å²) in [5.74, 6) is -1.83. The maximum atomic E-state index is 11.3. The highest BCUT2D eigenvalue weighted by Crippen LogP contribution is 2.34. The number of aliphatic carboxylic acids is 1. The number of carbonyl (C=O) groups is 1. The first-order valence-corrected chi connectivity index (χ1v) is 8.04. The van der Waals surface area contributed by atoms with Gasteiger partial charge in [0.1, 0.15) is 0 Å². The molecule has 0 saturated heterocycles. The van der Waals surface area contributed by atoms with Crippen LogP contribution in [-0.2, 0) is 15.8 Å². The number of hydrogen-bond donors (Lipinski definition) is 3. The molecule has 0 aliphatic rings. The Hall–Kier alpha value is -1.23. The molecule has 0 bridgehead atoms. The monoisotopic (exact) mass is 300 g/mol. The number of nitrogens with two attached hydrogens (primary N) is 1. The zero-order valence-electron chi connectivity index (χ0n) is 11.2. The predicted molar refractivity (Wildman–Crippen MR) is 77.0 cm³/mol. The van der Waals surface area contributed by atoms with E-state index in [-0.39, 0.29) is 13.0 Å². The van der Waals surface area contributed by atoms with Gasteiger partial charge in [-0.2, -0.15) is 0 Å². The van der Waals surface area contributed by atoms with Crippen molar-refractivity contribution in [3.05, 3.63) is 30.1 Å². The normalized spacial score (nSPS) is 15.5. The zero-order valence-corrected chi connectivity index (χ0v) is 12.2. The van der Waals surface area contributed by atoms with Gasteiger partial charge in [0.2, 0.25) is 0 Å². The maximum Gasteiger partial charge on any atom is 0.307 e. The summed E-state index contributed by atoms with van der Waals surface area (Å²) in [5.41, 5.74) is 5.73. The number of rotatable bonds is 9. The van der Waals surface area contributed by atoms with Gasteiger partial charge in [-0.3, -0.25) is 14.3 Å². The molecule has 0 amide bonds. The van der Waals surface area contributed by atoms with Crippen LogP contribution in [0.2, 0.25) is 0 Å². The van der Waals surface area contributed by atoms with E-state index in [2.05, 4.69) is 4.98 Å². The van der Waals surface area contributed by atoms with Crippen molar-refractivity contribution in [3.8, 4) is 0 Å². The molecule has 6 nitrogen and oxygen atoms in total. The van der Waals surface area contributed by atoms with Crippen molar-refractivity contribution in [2.24, 2.45) is 11.7 Å². The molecule has 0 radical (unpaired) electrons. The van der Waals surface area contributed by atoms with Crippen molar-refractivity contribution in [2.75, 3.05) is 6.54 Å². The van der Waals surface area contributed by atoms with E-state index in [0.29, 0.717) is 12.8 Å². The van der Waals surface area contributed by atoms with E-state index in [4.69, 9.17) is 5.73 Å². The second-order valence-corrected chi connectivity index (χ2v) is 6.13. The lowest BCUT2D eigenvalue weighted by Crippen LogP contribution is -2.28. The van der Waals surface area contributed by atoms with Gasteiger partial charge in [0, 0.05) is 18.1 Å². The molecule has 7 heteroatoms. The van der Waals surface area contributed by atoms with E-state index in [1.54, 1.807) is 12.4 Å². The Kier molecular flexibility index (Phi) is 7.44. The van der Waals surface area contributed by atoms with Gasteiger partial charge in [0.15, 0.2) is 8.03 Å². The Labute approximate surface area is 118 Å². The molecule has 20 heavy (non-hydrogen) atoms. The Balaban J connectivity index is 2.58. The topological polar surface area (TPSA) is 114 Å². The van der Waals surface area contributed by atoms with Crippen molar-refractivity contribution in [2.45, 2.75) is 31.3 Å². The van der Waals surface area contributed by atoms with Crippen LogP contribution in [0.3, 0.4) is 0 Å². The molecule has 0 aliphatic carbocycles. The summed E-state index contributed by atoms with van der Waals surface area (Å²) in [5, 5.41) is 9.23. The van der Waals surface area contributed by atoms with Gasteiger partial charge in [0.25, 0.3) is 0 Å². The molecular weight excluding hydrogens is 279 g/mol. The van der Waals surface area contributed by atoms with E-state index in [9.17, 15) is 19.4 Å². The summed E-state index contributed by atoms with van der Waals surface area (Å²) in [6.07, 6.45) is 5.40. The number of nitrogens with zero attached hydrogens (tertiary/aromatic N) is 1. The molecule has 0 saturated carbocycles. The fraction of sp³-hybridized carbons (Fsp3) is 0.538. The van der Waals surface area contributed by atoms with Gasteiger partial charge in [-0.25, -0.2) is 0 Å². The SMILES string of the molecule is NCCC(C(CCCc1ccncc1)C(=O)O)[PH](=O)O. The second kappa shape index (κ2) is 8.84. The average molecular weight is 300 g/mol. The molecule has 3 unspecified atom stereocenters. The van der Waals surface area contributed by atoms with Crippen molar-refractivity contribution in [1.82, 2.24) is 4.98 Å². The zero-order chi connectivity index (χ0) is 15.0. The highest BCUT2D eigenvalue weighted by Gasteiger charge is 2.30. The van der Waals surface area contributed by atoms with Crippen LogP contribution in [0.5, 0.6) is 0 Å². The first kappa shape index (κ1) is 16.8. The number of hydrogen-bond acceptors (Lipinski definition) is 4. The van der Waals surface area contributed by atoms with Crippen molar-refractivity contribution >= 4 is 14.0 Å². The number of carboxylic acid groups (broad SMARTS) is 1. The first-order chi connectivity index (χ1) is 9.56. The standard InChI is InChI=1S/C13H21N2O4P/c14-7-4-12(20(18)19)11(13(16)17)3-1-2-10-5-8-15-9-6-10/h5-6,8-9,11-12,20H,1-4,7,14H2,(H,16,17)(H,18,19). The minimum absolute atomic E-state index is 0.218. The molecule has 112 valence electrons. The minimum atomic E-state index is -2.89. The average Bonchev–Trinajstić information content (AvgIpc) is 2.42. The van der Waals surface area contributed by atoms with Gasteiger partial charge < -0.3 is 15.7 Å². The van der Waals surface area contributed by atoms with Crippen LogP contribution in [0.15, 0.2) is 24.5 Å². The Morgan fingerprint density at radius 3 is 2.50 bits per heavy atom. The lowest BCUT2D eigenvalue weighted by atomic mass is 9.95. The van der Waals surface area contributed by atoms with Crippen LogP contribution >= 0.6 is 8.03 Å². The Bertz CT molecular complexity index is 441. The predicted octanol–water partition coefficient (Wildman–Crippen LogP) is 1.29. The van der Waals surface area contributed by atoms with Crippen molar-refractivity contribution < 1.29 is 19.4 Å². The summed E-state index contributed by atoms with van der Waals surface area (Å²) in [6.45, 7) is 0.218. The molecule has 1 aromatic rings. The molecule has 4 N–H and O–H groups in total. The summed E-state index contributed by atoms with van der Waals surface area (Å²) in [7, 11) is -2.89. The molecule has 1 heterocycles. The second-order valence-electron chi connectivity index (χ2n) is 4.71. The Morgan fingerprint density at radius 2 is 2.00 bits per heavy atom.